The van der Waals surface area contributed by atoms with Crippen molar-refractivity contribution in [1.29, 1.82) is 0 Å². The van der Waals surface area contributed by atoms with Crippen LogP contribution in [0.4, 0.5) is 0 Å². The number of hydrogen-bond donors (Lipinski definition) is 0. The number of pyridine rings is 1. The fourth-order valence-corrected chi connectivity index (χ4v) is 2.07. The van der Waals surface area contributed by atoms with E-state index in [-0.39, 0.29) is 5.78 Å². The van der Waals surface area contributed by atoms with Crippen molar-refractivity contribution in [3.8, 4) is 11.5 Å². The molecule has 1 aromatic carbocycles. The third-order valence-corrected chi connectivity index (χ3v) is 3.07. The highest BCUT2D eigenvalue weighted by Gasteiger charge is 2.17. The van der Waals surface area contributed by atoms with Crippen LogP contribution in [-0.2, 0) is 0 Å². The Kier molecular flexibility index (Phi) is 2.91. The molecule has 1 aromatic heterocycles. The van der Waals surface area contributed by atoms with Gasteiger partial charge in [-0.1, -0.05) is 0 Å². The lowest BCUT2D eigenvalue weighted by Gasteiger charge is -2.18. The summed E-state index contributed by atoms with van der Waals surface area (Å²) in [4.78, 5) is 16.4. The van der Waals surface area contributed by atoms with Gasteiger partial charge < -0.3 is 9.47 Å². The molecule has 4 nitrogen and oxygen atoms in total. The van der Waals surface area contributed by atoms with Crippen molar-refractivity contribution in [3.05, 3.63) is 53.3 Å². The van der Waals surface area contributed by atoms with E-state index in [9.17, 15) is 4.79 Å². The fourth-order valence-electron chi connectivity index (χ4n) is 2.07. The summed E-state index contributed by atoms with van der Waals surface area (Å²) >= 11 is 0. The maximum absolute atomic E-state index is 12.4. The molecule has 0 saturated carbocycles. The summed E-state index contributed by atoms with van der Waals surface area (Å²) in [5, 5.41) is 0. The monoisotopic (exact) mass is 255 g/mol. The van der Waals surface area contributed by atoms with E-state index in [4.69, 9.17) is 9.47 Å². The number of fused-ring (bicyclic) bond motifs is 1. The molecule has 0 bridgehead atoms. The second-order valence-electron chi connectivity index (χ2n) is 4.38. The van der Waals surface area contributed by atoms with E-state index in [0.29, 0.717) is 35.8 Å². The van der Waals surface area contributed by atoms with Crippen molar-refractivity contribution in [3.63, 3.8) is 0 Å². The summed E-state index contributed by atoms with van der Waals surface area (Å²) < 4.78 is 10.9. The van der Waals surface area contributed by atoms with E-state index in [1.54, 1.807) is 36.7 Å². The van der Waals surface area contributed by atoms with Crippen LogP contribution >= 0.6 is 0 Å². The standard InChI is InChI=1S/C15H13NO3/c1-10-9-16-5-4-12(10)15(17)11-2-3-13-14(8-11)19-7-6-18-13/h2-5,8-9H,6-7H2,1H3. The molecule has 1 aliphatic heterocycles. The lowest BCUT2D eigenvalue weighted by Crippen LogP contribution is -2.16. The summed E-state index contributed by atoms with van der Waals surface area (Å²) in [5.41, 5.74) is 2.12. The first kappa shape index (κ1) is 11.7. The van der Waals surface area contributed by atoms with E-state index in [1.165, 1.54) is 0 Å². The van der Waals surface area contributed by atoms with Gasteiger partial charge in [0.15, 0.2) is 17.3 Å². The van der Waals surface area contributed by atoms with Gasteiger partial charge in [-0.15, -0.1) is 0 Å². The normalized spacial score (nSPS) is 13.1. The fraction of sp³-hybridized carbons (Fsp3) is 0.200. The molecule has 1 aliphatic rings. The molecule has 0 atom stereocenters. The molecule has 0 unspecified atom stereocenters. The van der Waals surface area contributed by atoms with E-state index in [2.05, 4.69) is 4.98 Å². The third kappa shape index (κ3) is 2.17. The highest BCUT2D eigenvalue weighted by Crippen LogP contribution is 2.31. The van der Waals surface area contributed by atoms with Crippen LogP contribution in [-0.4, -0.2) is 24.0 Å². The molecule has 96 valence electrons. The molecule has 0 radical (unpaired) electrons. The Hall–Kier alpha value is -2.36. The molecular formula is C15H13NO3. The average Bonchev–Trinajstić information content (AvgIpc) is 2.46. The molecule has 0 fully saturated rings. The second kappa shape index (κ2) is 4.72. The quantitative estimate of drug-likeness (QED) is 0.773. The van der Waals surface area contributed by atoms with Gasteiger partial charge in [0.05, 0.1) is 0 Å². The number of nitrogens with zero attached hydrogens (tertiary/aromatic N) is 1. The van der Waals surface area contributed by atoms with Crippen LogP contribution in [0.3, 0.4) is 0 Å². The molecule has 0 spiro atoms. The third-order valence-electron chi connectivity index (χ3n) is 3.07. The summed E-state index contributed by atoms with van der Waals surface area (Å²) in [6, 6.07) is 7.00. The highest BCUT2D eigenvalue weighted by atomic mass is 16.6. The highest BCUT2D eigenvalue weighted by molar-refractivity contribution is 6.10. The van der Waals surface area contributed by atoms with Crippen molar-refractivity contribution in [2.75, 3.05) is 13.2 Å². The van der Waals surface area contributed by atoms with Gasteiger partial charge in [-0.25, -0.2) is 0 Å². The number of carbonyl (C=O) groups excluding carboxylic acids is 1. The molecule has 2 heterocycles. The first-order chi connectivity index (χ1) is 9.25. The molecular weight excluding hydrogens is 242 g/mol. The molecule has 4 heteroatoms. The van der Waals surface area contributed by atoms with Gasteiger partial charge >= 0.3 is 0 Å². The Morgan fingerprint density at radius 3 is 2.74 bits per heavy atom. The lowest BCUT2D eigenvalue weighted by atomic mass is 10.0. The number of rotatable bonds is 2. The number of aryl methyl sites for hydroxylation is 1. The van der Waals surface area contributed by atoms with Crippen LogP contribution in [0.15, 0.2) is 36.7 Å². The molecule has 0 saturated heterocycles. The average molecular weight is 255 g/mol. The summed E-state index contributed by atoms with van der Waals surface area (Å²) in [5.74, 6) is 1.29. The van der Waals surface area contributed by atoms with Gasteiger partial charge in [0.25, 0.3) is 0 Å². The van der Waals surface area contributed by atoms with Crippen LogP contribution in [0, 0.1) is 6.92 Å². The van der Waals surface area contributed by atoms with Gasteiger partial charge in [-0.3, -0.25) is 9.78 Å². The Morgan fingerprint density at radius 2 is 1.95 bits per heavy atom. The van der Waals surface area contributed by atoms with Crippen molar-refractivity contribution in [1.82, 2.24) is 4.98 Å². The largest absolute Gasteiger partial charge is 0.486 e. The number of aromatic nitrogens is 1. The zero-order valence-electron chi connectivity index (χ0n) is 10.6. The van der Waals surface area contributed by atoms with E-state index < -0.39 is 0 Å². The van der Waals surface area contributed by atoms with E-state index >= 15 is 0 Å². The minimum atomic E-state index is -0.0307. The SMILES string of the molecule is Cc1cnccc1C(=O)c1ccc2c(c1)OCCO2. The zero-order chi connectivity index (χ0) is 13.2. The number of ketones is 1. The molecule has 3 rings (SSSR count). The van der Waals surface area contributed by atoms with Crippen LogP contribution < -0.4 is 9.47 Å². The number of carbonyl (C=O) groups is 1. The predicted octanol–water partition coefficient (Wildman–Crippen LogP) is 2.39. The topological polar surface area (TPSA) is 48.4 Å². The van der Waals surface area contributed by atoms with Crippen molar-refractivity contribution in [2.45, 2.75) is 6.92 Å². The smallest absolute Gasteiger partial charge is 0.193 e. The molecule has 0 N–H and O–H groups in total. The van der Waals surface area contributed by atoms with Crippen molar-refractivity contribution < 1.29 is 14.3 Å². The molecule has 19 heavy (non-hydrogen) atoms. The minimum absolute atomic E-state index is 0.0307. The first-order valence-electron chi connectivity index (χ1n) is 6.10. The van der Waals surface area contributed by atoms with Crippen molar-refractivity contribution >= 4 is 5.78 Å². The van der Waals surface area contributed by atoms with Crippen LogP contribution in [0.1, 0.15) is 21.5 Å². The minimum Gasteiger partial charge on any atom is -0.486 e. The summed E-state index contributed by atoms with van der Waals surface area (Å²) in [7, 11) is 0. The van der Waals surface area contributed by atoms with Gasteiger partial charge in [-0.2, -0.15) is 0 Å². The maximum Gasteiger partial charge on any atom is 0.193 e. The number of benzene rings is 1. The first-order valence-corrected chi connectivity index (χ1v) is 6.10. The molecule has 0 aliphatic carbocycles. The van der Waals surface area contributed by atoms with Crippen molar-refractivity contribution in [2.24, 2.45) is 0 Å². The maximum atomic E-state index is 12.4. The Bertz CT molecular complexity index is 637. The Labute approximate surface area is 111 Å². The lowest BCUT2D eigenvalue weighted by molar-refractivity contribution is 0.103. The number of hydrogen-bond acceptors (Lipinski definition) is 4. The second-order valence-corrected chi connectivity index (χ2v) is 4.38. The Balaban J connectivity index is 1.98. The van der Waals surface area contributed by atoms with E-state index in [0.717, 1.165) is 5.56 Å². The van der Waals surface area contributed by atoms with Gasteiger partial charge in [-0.05, 0) is 36.8 Å². The van der Waals surface area contributed by atoms with Crippen LogP contribution in [0.25, 0.3) is 0 Å². The Morgan fingerprint density at radius 1 is 1.16 bits per heavy atom. The van der Waals surface area contributed by atoms with Gasteiger partial charge in [0, 0.05) is 23.5 Å². The van der Waals surface area contributed by atoms with Crippen LogP contribution in [0.5, 0.6) is 11.5 Å². The predicted molar refractivity (Wildman–Crippen MR) is 69.8 cm³/mol. The molecule has 2 aromatic rings. The number of ether oxygens (including phenoxy) is 2. The summed E-state index contributed by atoms with van der Waals surface area (Å²) in [6.45, 7) is 2.93. The van der Waals surface area contributed by atoms with Gasteiger partial charge in [0.2, 0.25) is 0 Å². The molecule has 0 amide bonds. The van der Waals surface area contributed by atoms with Crippen LogP contribution in [0.2, 0.25) is 0 Å². The zero-order valence-corrected chi connectivity index (χ0v) is 10.6. The van der Waals surface area contributed by atoms with E-state index in [1.807, 2.05) is 6.92 Å². The van der Waals surface area contributed by atoms with Gasteiger partial charge in [0.1, 0.15) is 13.2 Å². The summed E-state index contributed by atoms with van der Waals surface area (Å²) in [6.07, 6.45) is 3.31.